The maximum absolute atomic E-state index is 10.9. The topological polar surface area (TPSA) is 77.2 Å². The fourth-order valence-electron chi connectivity index (χ4n) is 1.48. The molecule has 1 aromatic rings. The Morgan fingerprint density at radius 2 is 2.24 bits per heavy atom. The minimum absolute atomic E-state index is 0.302. The Bertz CT molecular complexity index is 374. The fraction of sp³-hybridized carbons (Fsp3) is 0.500. The van der Waals surface area contributed by atoms with Gasteiger partial charge in [0.2, 0.25) is 11.8 Å². The van der Waals surface area contributed by atoms with Crippen molar-refractivity contribution in [1.29, 1.82) is 0 Å². The highest BCUT2D eigenvalue weighted by Crippen LogP contribution is 2.11. The highest BCUT2D eigenvalue weighted by atomic mass is 16.5. The summed E-state index contributed by atoms with van der Waals surface area (Å²) >= 11 is 0. The molecule has 5 nitrogen and oxygen atoms in total. The summed E-state index contributed by atoms with van der Waals surface area (Å²) in [6, 6.07) is 3.73. The summed E-state index contributed by atoms with van der Waals surface area (Å²) in [7, 11) is 1.58. The van der Waals surface area contributed by atoms with Crippen molar-refractivity contribution in [3.05, 3.63) is 23.9 Å². The lowest BCUT2D eigenvalue weighted by Gasteiger charge is -2.24. The number of ether oxygens (including phenoxy) is 1. The van der Waals surface area contributed by atoms with Gasteiger partial charge in [0.25, 0.3) is 0 Å². The molecule has 0 aliphatic carbocycles. The molecule has 1 rings (SSSR count). The van der Waals surface area contributed by atoms with Crippen molar-refractivity contribution in [1.82, 2.24) is 10.3 Å². The number of carbonyl (C=O) groups is 1. The van der Waals surface area contributed by atoms with Crippen molar-refractivity contribution < 1.29 is 9.53 Å². The van der Waals surface area contributed by atoms with Gasteiger partial charge in [-0.05, 0) is 19.4 Å². The Kier molecular flexibility index (Phi) is 4.45. The number of primary amides is 1. The Morgan fingerprint density at radius 1 is 1.53 bits per heavy atom. The number of pyridine rings is 1. The number of hydrogen-bond acceptors (Lipinski definition) is 4. The van der Waals surface area contributed by atoms with Crippen LogP contribution in [0.25, 0.3) is 0 Å². The van der Waals surface area contributed by atoms with E-state index in [9.17, 15) is 4.79 Å². The Balaban J connectivity index is 2.51. The van der Waals surface area contributed by atoms with Crippen LogP contribution >= 0.6 is 0 Å². The zero-order chi connectivity index (χ0) is 12.9. The van der Waals surface area contributed by atoms with E-state index < -0.39 is 0 Å². The third-order valence-corrected chi connectivity index (χ3v) is 2.39. The number of methoxy groups -OCH3 is 1. The van der Waals surface area contributed by atoms with Crippen molar-refractivity contribution in [3.8, 4) is 5.88 Å². The summed E-state index contributed by atoms with van der Waals surface area (Å²) in [5.74, 6) is 0.278. The zero-order valence-corrected chi connectivity index (χ0v) is 10.5. The van der Waals surface area contributed by atoms with Crippen LogP contribution in [-0.2, 0) is 11.3 Å². The third kappa shape index (κ3) is 4.82. The Hall–Kier alpha value is -1.62. The molecule has 94 valence electrons. The van der Waals surface area contributed by atoms with Gasteiger partial charge >= 0.3 is 0 Å². The number of aromatic nitrogens is 1. The largest absolute Gasteiger partial charge is 0.481 e. The molecule has 0 unspecified atom stereocenters. The van der Waals surface area contributed by atoms with Crippen molar-refractivity contribution in [3.63, 3.8) is 0 Å². The van der Waals surface area contributed by atoms with Crippen LogP contribution in [0.3, 0.4) is 0 Å². The monoisotopic (exact) mass is 237 g/mol. The number of hydrogen-bond donors (Lipinski definition) is 2. The highest BCUT2D eigenvalue weighted by Gasteiger charge is 2.19. The normalized spacial score (nSPS) is 11.2. The van der Waals surface area contributed by atoms with Gasteiger partial charge in [-0.2, -0.15) is 0 Å². The second-order valence-electron chi connectivity index (χ2n) is 4.59. The molecule has 0 atom stereocenters. The van der Waals surface area contributed by atoms with Gasteiger partial charge in [0.05, 0.1) is 7.11 Å². The zero-order valence-electron chi connectivity index (χ0n) is 10.5. The quantitative estimate of drug-likeness (QED) is 0.768. The molecule has 0 aliphatic rings. The van der Waals surface area contributed by atoms with Gasteiger partial charge in [0.1, 0.15) is 0 Å². The molecule has 5 heteroatoms. The first-order valence-electron chi connectivity index (χ1n) is 5.45. The lowest BCUT2D eigenvalue weighted by atomic mass is 10.00. The van der Waals surface area contributed by atoms with E-state index in [0.29, 0.717) is 18.8 Å². The molecule has 0 bridgehead atoms. The van der Waals surface area contributed by atoms with Crippen molar-refractivity contribution >= 4 is 5.91 Å². The first kappa shape index (κ1) is 13.4. The predicted molar refractivity (Wildman–Crippen MR) is 65.5 cm³/mol. The van der Waals surface area contributed by atoms with Crippen LogP contribution in [-0.4, -0.2) is 23.5 Å². The molecule has 0 saturated heterocycles. The number of nitrogens with one attached hydrogen (secondary N) is 1. The molecule has 0 aliphatic heterocycles. The van der Waals surface area contributed by atoms with Gasteiger partial charge in [-0.25, -0.2) is 4.98 Å². The molecular formula is C12H19N3O2. The number of carbonyl (C=O) groups excluding carboxylic acids is 1. The minimum Gasteiger partial charge on any atom is -0.481 e. The molecule has 0 spiro atoms. The van der Waals surface area contributed by atoms with Crippen molar-refractivity contribution in [2.24, 2.45) is 5.73 Å². The van der Waals surface area contributed by atoms with E-state index in [1.54, 1.807) is 19.4 Å². The van der Waals surface area contributed by atoms with E-state index >= 15 is 0 Å². The maximum Gasteiger partial charge on any atom is 0.219 e. The van der Waals surface area contributed by atoms with Crippen molar-refractivity contribution in [2.75, 3.05) is 7.11 Å². The summed E-state index contributed by atoms with van der Waals surface area (Å²) in [5.41, 5.74) is 5.89. The number of amides is 1. The number of nitrogens with zero attached hydrogens (tertiary/aromatic N) is 1. The lowest BCUT2D eigenvalue weighted by molar-refractivity contribution is -0.119. The Labute approximate surface area is 101 Å². The molecule has 3 N–H and O–H groups in total. The molecule has 0 saturated carbocycles. The number of rotatable bonds is 6. The summed E-state index contributed by atoms with van der Waals surface area (Å²) in [4.78, 5) is 15.0. The first-order valence-corrected chi connectivity index (χ1v) is 5.45. The molecule has 0 radical (unpaired) electrons. The average molecular weight is 237 g/mol. The smallest absolute Gasteiger partial charge is 0.219 e. The highest BCUT2D eigenvalue weighted by molar-refractivity contribution is 5.74. The van der Waals surface area contributed by atoms with Gasteiger partial charge in [0.15, 0.2) is 0 Å². The lowest BCUT2D eigenvalue weighted by Crippen LogP contribution is -2.42. The molecule has 1 amide bonds. The molecule has 0 aromatic carbocycles. The summed E-state index contributed by atoms with van der Waals surface area (Å²) in [6.45, 7) is 4.51. The maximum atomic E-state index is 10.9. The standard InChI is InChI=1S/C12H19N3O2/c1-12(2,6-10(13)16)15-8-9-4-5-11(17-3)14-7-9/h4-5,7,15H,6,8H2,1-3H3,(H2,13,16). The van der Waals surface area contributed by atoms with Crippen molar-refractivity contribution in [2.45, 2.75) is 32.4 Å². The number of nitrogens with two attached hydrogens (primary N) is 1. The summed E-state index contributed by atoms with van der Waals surface area (Å²) in [6.07, 6.45) is 2.04. The van der Waals surface area contributed by atoms with Crippen LogP contribution in [0, 0.1) is 0 Å². The second kappa shape index (κ2) is 5.63. The van der Waals surface area contributed by atoms with E-state index in [4.69, 9.17) is 10.5 Å². The molecule has 0 fully saturated rings. The minimum atomic E-state index is -0.314. The Morgan fingerprint density at radius 3 is 2.71 bits per heavy atom. The van der Waals surface area contributed by atoms with Gasteiger partial charge < -0.3 is 15.8 Å². The van der Waals surface area contributed by atoms with Gasteiger partial charge in [-0.1, -0.05) is 6.07 Å². The predicted octanol–water partition coefficient (Wildman–Crippen LogP) is 0.834. The SMILES string of the molecule is COc1ccc(CNC(C)(C)CC(N)=O)cn1. The van der Waals surface area contributed by atoms with Gasteiger partial charge in [-0.3, -0.25) is 4.79 Å². The van der Waals surface area contributed by atoms with E-state index in [1.807, 2.05) is 19.9 Å². The van der Waals surface area contributed by atoms with Crippen LogP contribution in [0.5, 0.6) is 5.88 Å². The average Bonchev–Trinajstić information content (AvgIpc) is 2.25. The van der Waals surface area contributed by atoms with E-state index in [1.165, 1.54) is 0 Å². The van der Waals surface area contributed by atoms with E-state index in [0.717, 1.165) is 5.56 Å². The molecule has 1 aromatic heterocycles. The van der Waals surface area contributed by atoms with Crippen LogP contribution in [0.4, 0.5) is 0 Å². The van der Waals surface area contributed by atoms with Crippen LogP contribution < -0.4 is 15.8 Å². The molecular weight excluding hydrogens is 218 g/mol. The fourth-order valence-corrected chi connectivity index (χ4v) is 1.48. The van der Waals surface area contributed by atoms with Crippen LogP contribution in [0.2, 0.25) is 0 Å². The second-order valence-corrected chi connectivity index (χ2v) is 4.59. The van der Waals surface area contributed by atoms with E-state index in [2.05, 4.69) is 10.3 Å². The third-order valence-electron chi connectivity index (χ3n) is 2.39. The van der Waals surface area contributed by atoms with E-state index in [-0.39, 0.29) is 11.4 Å². The first-order chi connectivity index (χ1) is 7.93. The summed E-state index contributed by atoms with van der Waals surface area (Å²) in [5, 5.41) is 3.26. The van der Waals surface area contributed by atoms with Gasteiger partial charge in [-0.15, -0.1) is 0 Å². The molecule has 1 heterocycles. The summed E-state index contributed by atoms with van der Waals surface area (Å²) < 4.78 is 4.97. The van der Waals surface area contributed by atoms with Gasteiger partial charge in [0, 0.05) is 30.8 Å². The molecule has 17 heavy (non-hydrogen) atoms. The van der Waals surface area contributed by atoms with Crippen LogP contribution in [0.1, 0.15) is 25.8 Å². The van der Waals surface area contributed by atoms with Crippen LogP contribution in [0.15, 0.2) is 18.3 Å².